The molecule has 1 aliphatic heterocycles. The number of carbonyl (C=O) groups is 1. The van der Waals surface area contributed by atoms with Crippen LogP contribution >= 0.6 is 0 Å². The van der Waals surface area contributed by atoms with Crippen LogP contribution in [0.25, 0.3) is 11.0 Å². The Hall–Kier alpha value is -3.13. The van der Waals surface area contributed by atoms with Crippen molar-refractivity contribution >= 4 is 28.4 Å². The quantitative estimate of drug-likeness (QED) is 0.553. The molecule has 30 heavy (non-hydrogen) atoms. The highest BCUT2D eigenvalue weighted by molar-refractivity contribution is 5.92. The maximum atomic E-state index is 12.6. The van der Waals surface area contributed by atoms with Crippen molar-refractivity contribution < 1.29 is 9.53 Å². The topological polar surface area (TPSA) is 95.2 Å². The van der Waals surface area contributed by atoms with Gasteiger partial charge in [0.2, 0.25) is 5.91 Å². The Kier molecular flexibility index (Phi) is 5.85. The van der Waals surface area contributed by atoms with E-state index in [0.29, 0.717) is 12.6 Å². The van der Waals surface area contributed by atoms with Crippen LogP contribution in [-0.2, 0) is 4.79 Å². The molecule has 1 amide bonds. The van der Waals surface area contributed by atoms with Gasteiger partial charge in [-0.05, 0) is 69.6 Å². The van der Waals surface area contributed by atoms with Crippen molar-refractivity contribution in [2.75, 3.05) is 30.8 Å². The second kappa shape index (κ2) is 8.71. The summed E-state index contributed by atoms with van der Waals surface area (Å²) in [5.74, 6) is 1.55. The highest BCUT2D eigenvalue weighted by Gasteiger charge is 2.29. The number of ether oxygens (including phenoxy) is 1. The SMILES string of the molecule is COc1ccc(NC(=O)CN2CCCC2c2ccc3c(NC(C)C)n[nH]c3n2)cc1. The second-order valence-electron chi connectivity index (χ2n) is 7.91. The van der Waals surface area contributed by atoms with Gasteiger partial charge in [-0.2, -0.15) is 5.10 Å². The van der Waals surface area contributed by atoms with Crippen LogP contribution in [0, 0.1) is 0 Å². The van der Waals surface area contributed by atoms with Crippen LogP contribution in [0.4, 0.5) is 11.5 Å². The minimum absolute atomic E-state index is 0.0295. The van der Waals surface area contributed by atoms with Crippen molar-refractivity contribution in [3.8, 4) is 5.75 Å². The van der Waals surface area contributed by atoms with E-state index in [2.05, 4.69) is 45.6 Å². The summed E-state index contributed by atoms with van der Waals surface area (Å²) in [6, 6.07) is 11.9. The lowest BCUT2D eigenvalue weighted by molar-refractivity contribution is -0.117. The molecule has 1 aliphatic rings. The van der Waals surface area contributed by atoms with Gasteiger partial charge in [-0.25, -0.2) is 4.98 Å². The molecule has 3 N–H and O–H groups in total. The summed E-state index contributed by atoms with van der Waals surface area (Å²) < 4.78 is 5.16. The standard InChI is InChI=1S/C22H28N6O2/c1-14(2)23-21-17-10-11-18(25-22(17)27-26-21)19-5-4-12-28(19)13-20(29)24-15-6-8-16(30-3)9-7-15/h6-11,14,19H,4-5,12-13H2,1-3H3,(H,24,29)(H2,23,25,26,27). The highest BCUT2D eigenvalue weighted by Crippen LogP contribution is 2.32. The van der Waals surface area contributed by atoms with Gasteiger partial charge in [0.05, 0.1) is 30.8 Å². The number of anilines is 2. The molecule has 4 rings (SSSR count). The number of aromatic nitrogens is 3. The minimum Gasteiger partial charge on any atom is -0.497 e. The maximum absolute atomic E-state index is 12.6. The molecule has 1 saturated heterocycles. The van der Waals surface area contributed by atoms with E-state index < -0.39 is 0 Å². The number of likely N-dealkylation sites (tertiary alicyclic amines) is 1. The van der Waals surface area contributed by atoms with Gasteiger partial charge < -0.3 is 15.4 Å². The number of nitrogens with zero attached hydrogens (tertiary/aromatic N) is 3. The van der Waals surface area contributed by atoms with Crippen molar-refractivity contribution in [2.45, 2.75) is 38.8 Å². The van der Waals surface area contributed by atoms with Crippen LogP contribution < -0.4 is 15.4 Å². The van der Waals surface area contributed by atoms with E-state index in [1.54, 1.807) is 7.11 Å². The lowest BCUT2D eigenvalue weighted by Gasteiger charge is -2.23. The molecule has 0 spiro atoms. The largest absolute Gasteiger partial charge is 0.497 e. The predicted molar refractivity (Wildman–Crippen MR) is 118 cm³/mol. The summed E-state index contributed by atoms with van der Waals surface area (Å²) in [5.41, 5.74) is 2.50. The summed E-state index contributed by atoms with van der Waals surface area (Å²) in [5, 5.41) is 14.6. The number of aromatic amines is 1. The number of carbonyl (C=O) groups excluding carboxylic acids is 1. The van der Waals surface area contributed by atoms with Crippen LogP contribution in [0.15, 0.2) is 36.4 Å². The second-order valence-corrected chi connectivity index (χ2v) is 7.91. The van der Waals surface area contributed by atoms with E-state index in [1.807, 2.05) is 30.3 Å². The van der Waals surface area contributed by atoms with E-state index in [4.69, 9.17) is 9.72 Å². The number of methoxy groups -OCH3 is 1. The van der Waals surface area contributed by atoms with E-state index in [0.717, 1.165) is 53.4 Å². The van der Waals surface area contributed by atoms with Gasteiger partial charge in [0, 0.05) is 11.7 Å². The molecular formula is C22H28N6O2. The Balaban J connectivity index is 1.44. The van der Waals surface area contributed by atoms with Gasteiger partial charge in [-0.1, -0.05) is 0 Å². The summed E-state index contributed by atoms with van der Waals surface area (Å²) in [4.78, 5) is 19.6. The zero-order valence-corrected chi connectivity index (χ0v) is 17.6. The first-order valence-corrected chi connectivity index (χ1v) is 10.3. The predicted octanol–water partition coefficient (Wildman–Crippen LogP) is 3.56. The lowest BCUT2D eigenvalue weighted by atomic mass is 10.1. The van der Waals surface area contributed by atoms with Crippen LogP contribution in [0.5, 0.6) is 5.75 Å². The monoisotopic (exact) mass is 408 g/mol. The Bertz CT molecular complexity index is 1010. The Labute approximate surface area is 176 Å². The molecule has 2 aromatic heterocycles. The van der Waals surface area contributed by atoms with Crippen LogP contribution in [0.2, 0.25) is 0 Å². The molecule has 158 valence electrons. The fourth-order valence-electron chi connectivity index (χ4n) is 3.90. The van der Waals surface area contributed by atoms with Crippen molar-refractivity contribution in [3.05, 3.63) is 42.1 Å². The molecule has 0 aliphatic carbocycles. The first-order valence-electron chi connectivity index (χ1n) is 10.3. The van der Waals surface area contributed by atoms with Crippen LogP contribution in [0.1, 0.15) is 38.4 Å². The van der Waals surface area contributed by atoms with Crippen molar-refractivity contribution in [3.63, 3.8) is 0 Å². The summed E-state index contributed by atoms with van der Waals surface area (Å²) in [6.07, 6.45) is 2.03. The Morgan fingerprint density at radius 3 is 2.80 bits per heavy atom. The van der Waals surface area contributed by atoms with E-state index in [1.165, 1.54) is 0 Å². The zero-order chi connectivity index (χ0) is 21.1. The fourth-order valence-corrected chi connectivity index (χ4v) is 3.90. The minimum atomic E-state index is -0.0295. The molecule has 8 heteroatoms. The summed E-state index contributed by atoms with van der Waals surface area (Å²) >= 11 is 0. The van der Waals surface area contributed by atoms with Gasteiger partial charge in [0.1, 0.15) is 5.75 Å². The smallest absolute Gasteiger partial charge is 0.238 e. The molecule has 1 atom stereocenters. The number of amides is 1. The summed E-state index contributed by atoms with van der Waals surface area (Å²) in [7, 11) is 1.62. The molecule has 8 nitrogen and oxygen atoms in total. The lowest BCUT2D eigenvalue weighted by Crippen LogP contribution is -2.33. The van der Waals surface area contributed by atoms with Crippen LogP contribution in [0.3, 0.4) is 0 Å². The molecule has 1 unspecified atom stereocenters. The number of fused-ring (bicyclic) bond motifs is 1. The van der Waals surface area contributed by atoms with Crippen LogP contribution in [-0.4, -0.2) is 52.2 Å². The number of hydrogen-bond acceptors (Lipinski definition) is 6. The third-order valence-electron chi connectivity index (χ3n) is 5.30. The number of nitrogens with one attached hydrogen (secondary N) is 3. The first-order chi connectivity index (χ1) is 14.5. The Morgan fingerprint density at radius 2 is 2.07 bits per heavy atom. The van der Waals surface area contributed by atoms with Crippen molar-refractivity contribution in [1.29, 1.82) is 0 Å². The number of benzene rings is 1. The molecule has 1 aromatic carbocycles. The third-order valence-corrected chi connectivity index (χ3v) is 5.30. The first kappa shape index (κ1) is 20.2. The van der Waals surface area contributed by atoms with E-state index in [9.17, 15) is 4.79 Å². The van der Waals surface area contributed by atoms with E-state index in [-0.39, 0.29) is 11.9 Å². The number of pyridine rings is 1. The zero-order valence-electron chi connectivity index (χ0n) is 17.6. The number of rotatable bonds is 7. The van der Waals surface area contributed by atoms with Gasteiger partial charge in [-0.3, -0.25) is 14.8 Å². The fraction of sp³-hybridized carbons (Fsp3) is 0.409. The van der Waals surface area contributed by atoms with Gasteiger partial charge >= 0.3 is 0 Å². The van der Waals surface area contributed by atoms with Gasteiger partial charge in [0.15, 0.2) is 11.5 Å². The van der Waals surface area contributed by atoms with E-state index >= 15 is 0 Å². The van der Waals surface area contributed by atoms with Gasteiger partial charge in [0.25, 0.3) is 0 Å². The van der Waals surface area contributed by atoms with Crippen molar-refractivity contribution in [2.24, 2.45) is 0 Å². The van der Waals surface area contributed by atoms with Gasteiger partial charge in [-0.15, -0.1) is 0 Å². The van der Waals surface area contributed by atoms with Crippen molar-refractivity contribution in [1.82, 2.24) is 20.1 Å². The molecular weight excluding hydrogens is 380 g/mol. The molecule has 3 aromatic rings. The normalized spacial score (nSPS) is 16.9. The average molecular weight is 409 g/mol. The molecule has 0 saturated carbocycles. The average Bonchev–Trinajstić information content (AvgIpc) is 3.35. The number of hydrogen-bond donors (Lipinski definition) is 3. The molecule has 0 bridgehead atoms. The highest BCUT2D eigenvalue weighted by atomic mass is 16.5. The molecule has 0 radical (unpaired) electrons. The number of H-pyrrole nitrogens is 1. The summed E-state index contributed by atoms with van der Waals surface area (Å²) in [6.45, 7) is 5.37. The molecule has 1 fully saturated rings. The molecule has 3 heterocycles. The maximum Gasteiger partial charge on any atom is 0.238 e. The third kappa shape index (κ3) is 4.38. The Morgan fingerprint density at radius 1 is 1.27 bits per heavy atom.